The molecule has 1 saturated heterocycles. The Hall–Kier alpha value is -1.14. The zero-order chi connectivity index (χ0) is 9.55. The number of hydrogen-bond acceptors (Lipinski definition) is 2. The first-order chi connectivity index (χ1) is 6.74. The average Bonchev–Trinajstić information content (AvgIpc) is 2.56. The van der Waals surface area contributed by atoms with Gasteiger partial charge in [0.2, 0.25) is 0 Å². The van der Waals surface area contributed by atoms with Crippen LogP contribution in [0.5, 0.6) is 0 Å². The third-order valence-corrected chi connectivity index (χ3v) is 4.24. The molecule has 2 bridgehead atoms. The van der Waals surface area contributed by atoms with E-state index in [2.05, 4.69) is 6.07 Å². The van der Waals surface area contributed by atoms with Crippen LogP contribution in [0.2, 0.25) is 0 Å². The van der Waals surface area contributed by atoms with E-state index in [0.29, 0.717) is 0 Å². The van der Waals surface area contributed by atoms with Gasteiger partial charge in [-0.2, -0.15) is 5.26 Å². The molecular weight excluding hydrogens is 181 g/mol. The smallest absolute Gasteiger partial charge is 0.156 e. The maximum Gasteiger partial charge on any atom is 0.156 e. The number of fused-ring (bicyclic) bond motifs is 5. The molecule has 1 saturated carbocycles. The van der Waals surface area contributed by atoms with Crippen LogP contribution in [0.4, 0.5) is 4.39 Å². The summed E-state index contributed by atoms with van der Waals surface area (Å²) in [6.07, 6.45) is 7.03. The summed E-state index contributed by atoms with van der Waals surface area (Å²) in [4.78, 5) is 0. The topological polar surface area (TPSA) is 33.0 Å². The molecule has 70 valence electrons. The summed E-state index contributed by atoms with van der Waals surface area (Å²) in [5.74, 6) is -0.331. The summed E-state index contributed by atoms with van der Waals surface area (Å²) in [5, 5.41) is 9.19. The molecular formula is C11H8FNO. The second-order valence-corrected chi connectivity index (χ2v) is 4.56. The Labute approximate surface area is 80.7 Å². The second kappa shape index (κ2) is 1.68. The van der Waals surface area contributed by atoms with Gasteiger partial charge < -0.3 is 4.74 Å². The molecule has 2 aliphatic heterocycles. The van der Waals surface area contributed by atoms with Gasteiger partial charge in [-0.05, 0) is 6.08 Å². The number of allylic oxidation sites excluding steroid dienone is 1. The summed E-state index contributed by atoms with van der Waals surface area (Å²) >= 11 is 0. The van der Waals surface area contributed by atoms with E-state index in [0.717, 1.165) is 0 Å². The van der Waals surface area contributed by atoms with Gasteiger partial charge in [-0.3, -0.25) is 0 Å². The lowest BCUT2D eigenvalue weighted by atomic mass is 9.84. The molecule has 4 aliphatic rings. The number of hydrogen-bond donors (Lipinski definition) is 0. The van der Waals surface area contributed by atoms with Crippen molar-refractivity contribution in [2.24, 2.45) is 17.3 Å². The number of ether oxygens (including phenoxy) is 1. The highest BCUT2D eigenvalue weighted by molar-refractivity contribution is 5.52. The maximum atomic E-state index is 14.3. The van der Waals surface area contributed by atoms with E-state index in [1.54, 1.807) is 6.08 Å². The van der Waals surface area contributed by atoms with Crippen LogP contribution < -0.4 is 0 Å². The fraction of sp³-hybridized carbons (Fsp3) is 0.545. The number of halogens is 1. The zero-order valence-electron chi connectivity index (χ0n) is 7.35. The highest BCUT2D eigenvalue weighted by Gasteiger charge is 2.88. The molecule has 2 heterocycles. The van der Waals surface area contributed by atoms with Gasteiger partial charge in [-0.25, -0.2) is 4.39 Å². The Balaban J connectivity index is 1.97. The van der Waals surface area contributed by atoms with Crippen molar-refractivity contribution in [2.75, 3.05) is 0 Å². The Morgan fingerprint density at radius 2 is 2.07 bits per heavy atom. The van der Waals surface area contributed by atoms with Gasteiger partial charge >= 0.3 is 0 Å². The predicted molar refractivity (Wildman–Crippen MR) is 45.8 cm³/mol. The van der Waals surface area contributed by atoms with Crippen molar-refractivity contribution in [3.63, 3.8) is 0 Å². The van der Waals surface area contributed by atoms with Crippen molar-refractivity contribution in [2.45, 2.75) is 17.9 Å². The van der Waals surface area contributed by atoms with Crippen molar-refractivity contribution >= 4 is 0 Å². The molecule has 0 N–H and O–H groups in total. The first-order valence-corrected chi connectivity index (χ1v) is 4.87. The SMILES string of the molecule is N#C[C@@]12C3C=CC1(F)C2[C@H]1C=C[C@@H]3O1. The van der Waals surface area contributed by atoms with Crippen LogP contribution in [0.1, 0.15) is 0 Å². The normalized spacial score (nSPS) is 65.1. The summed E-state index contributed by atoms with van der Waals surface area (Å²) in [5.41, 5.74) is -2.21. The van der Waals surface area contributed by atoms with Gasteiger partial charge in [0.1, 0.15) is 5.41 Å². The molecule has 2 aliphatic carbocycles. The largest absolute Gasteiger partial charge is 0.366 e. The molecule has 4 rings (SSSR count). The fourth-order valence-electron chi connectivity index (χ4n) is 3.59. The van der Waals surface area contributed by atoms with Gasteiger partial charge in [0.05, 0.1) is 24.2 Å². The maximum absolute atomic E-state index is 14.3. The van der Waals surface area contributed by atoms with Crippen LogP contribution in [-0.2, 0) is 4.74 Å². The zero-order valence-corrected chi connectivity index (χ0v) is 7.35. The van der Waals surface area contributed by atoms with Gasteiger partial charge in [0, 0.05) is 5.92 Å². The molecule has 2 nitrogen and oxygen atoms in total. The van der Waals surface area contributed by atoms with Crippen LogP contribution in [0.15, 0.2) is 24.3 Å². The van der Waals surface area contributed by atoms with Crippen LogP contribution in [-0.4, -0.2) is 17.9 Å². The first-order valence-electron chi connectivity index (χ1n) is 4.87. The minimum Gasteiger partial charge on any atom is -0.366 e. The van der Waals surface area contributed by atoms with E-state index in [1.807, 2.05) is 18.2 Å². The highest BCUT2D eigenvalue weighted by atomic mass is 19.1. The Kier molecular flexibility index (Phi) is 0.863. The molecule has 6 atom stereocenters. The van der Waals surface area contributed by atoms with Crippen molar-refractivity contribution in [1.29, 1.82) is 5.26 Å². The number of alkyl halides is 1. The van der Waals surface area contributed by atoms with Crippen LogP contribution in [0, 0.1) is 28.6 Å². The second-order valence-electron chi connectivity index (χ2n) is 4.56. The predicted octanol–water partition coefficient (Wildman–Crippen LogP) is 1.36. The van der Waals surface area contributed by atoms with E-state index in [1.165, 1.54) is 0 Å². The van der Waals surface area contributed by atoms with Crippen molar-refractivity contribution in [1.82, 2.24) is 0 Å². The van der Waals surface area contributed by atoms with Gasteiger partial charge in [-0.15, -0.1) is 0 Å². The molecule has 0 amide bonds. The number of nitrogens with zero attached hydrogens (tertiary/aromatic N) is 1. The molecule has 0 aromatic heterocycles. The van der Waals surface area contributed by atoms with Crippen LogP contribution >= 0.6 is 0 Å². The third-order valence-electron chi connectivity index (χ3n) is 4.24. The van der Waals surface area contributed by atoms with Crippen molar-refractivity contribution in [3.05, 3.63) is 24.3 Å². The molecule has 3 unspecified atom stereocenters. The van der Waals surface area contributed by atoms with E-state index in [4.69, 9.17) is 4.74 Å². The summed E-state index contributed by atoms with van der Waals surface area (Å²) < 4.78 is 20.0. The molecule has 0 aromatic carbocycles. The molecule has 0 spiro atoms. The van der Waals surface area contributed by atoms with Gasteiger partial charge in [-0.1, -0.05) is 18.2 Å². The molecule has 0 aromatic rings. The lowest BCUT2D eigenvalue weighted by molar-refractivity contribution is -0.0252. The standard InChI is InChI=1S/C11H8FNO/c12-11-4-3-6-7-1-2-8(14-7)9(11)10(6,11)5-13/h1-4,6-9H/t6?,7-,8+,9?,10-,11?/m0/s1. The molecule has 0 radical (unpaired) electrons. The lowest BCUT2D eigenvalue weighted by Crippen LogP contribution is -2.35. The minimum absolute atomic E-state index is 0.0718. The molecule has 14 heavy (non-hydrogen) atoms. The number of rotatable bonds is 0. The van der Waals surface area contributed by atoms with E-state index >= 15 is 0 Å². The first kappa shape index (κ1) is 7.19. The Morgan fingerprint density at radius 3 is 2.86 bits per heavy atom. The van der Waals surface area contributed by atoms with Gasteiger partial charge in [0.25, 0.3) is 0 Å². The highest BCUT2D eigenvalue weighted by Crippen LogP contribution is 2.78. The Bertz CT molecular complexity index is 437. The summed E-state index contributed by atoms with van der Waals surface area (Å²) in [6, 6.07) is 2.20. The summed E-state index contributed by atoms with van der Waals surface area (Å²) in [7, 11) is 0. The van der Waals surface area contributed by atoms with Gasteiger partial charge in [0.15, 0.2) is 5.67 Å². The molecule has 3 heteroatoms. The average molecular weight is 189 g/mol. The van der Waals surface area contributed by atoms with Crippen LogP contribution in [0.25, 0.3) is 0 Å². The fourth-order valence-corrected chi connectivity index (χ4v) is 3.59. The minimum atomic E-state index is -1.41. The monoisotopic (exact) mass is 189 g/mol. The summed E-state index contributed by atoms with van der Waals surface area (Å²) in [6.45, 7) is 0. The van der Waals surface area contributed by atoms with E-state index in [9.17, 15) is 9.65 Å². The van der Waals surface area contributed by atoms with Crippen LogP contribution in [0.3, 0.4) is 0 Å². The van der Waals surface area contributed by atoms with E-state index in [-0.39, 0.29) is 24.0 Å². The molecule has 2 fully saturated rings. The van der Waals surface area contributed by atoms with E-state index < -0.39 is 11.1 Å². The number of nitriles is 1. The lowest BCUT2D eigenvalue weighted by Gasteiger charge is -2.29. The van der Waals surface area contributed by atoms with Crippen molar-refractivity contribution < 1.29 is 9.13 Å². The quantitative estimate of drug-likeness (QED) is 0.539. The Morgan fingerprint density at radius 1 is 1.29 bits per heavy atom. The third kappa shape index (κ3) is 0.425. The van der Waals surface area contributed by atoms with Crippen molar-refractivity contribution in [3.8, 4) is 6.07 Å².